The van der Waals surface area contributed by atoms with Crippen molar-refractivity contribution in [3.63, 3.8) is 0 Å². The maximum absolute atomic E-state index is 13.8. The predicted molar refractivity (Wildman–Crippen MR) is 229 cm³/mol. The van der Waals surface area contributed by atoms with Gasteiger partial charge in [-0.3, -0.25) is 19.6 Å². The Labute approximate surface area is 351 Å². The fourth-order valence-electron chi connectivity index (χ4n) is 8.74. The molecule has 3 N–H and O–H groups in total. The van der Waals surface area contributed by atoms with Crippen molar-refractivity contribution in [2.45, 2.75) is 96.7 Å². The largest absolute Gasteiger partial charge is 0.464 e. The van der Waals surface area contributed by atoms with Crippen molar-refractivity contribution < 1.29 is 28.5 Å². The second-order valence-corrected chi connectivity index (χ2v) is 17.9. The van der Waals surface area contributed by atoms with Crippen LogP contribution in [-0.2, 0) is 41.5 Å². The number of hydrogen-bond acceptors (Lipinski definition) is 13. The first-order valence-corrected chi connectivity index (χ1v) is 22.2. The highest BCUT2D eigenvalue weighted by Crippen LogP contribution is 2.52. The van der Waals surface area contributed by atoms with Gasteiger partial charge >= 0.3 is 5.97 Å². The fourth-order valence-corrected chi connectivity index (χ4v) is 9.66. The summed E-state index contributed by atoms with van der Waals surface area (Å²) < 4.78 is 27.0. The van der Waals surface area contributed by atoms with Gasteiger partial charge in [-0.1, -0.05) is 6.07 Å². The number of piperazine rings is 1. The van der Waals surface area contributed by atoms with Gasteiger partial charge < -0.3 is 39.0 Å². The third-order valence-corrected chi connectivity index (χ3v) is 13.4. The predicted octanol–water partition coefficient (Wildman–Crippen LogP) is 5.49. The van der Waals surface area contributed by atoms with E-state index in [4.69, 9.17) is 34.6 Å². The van der Waals surface area contributed by atoms with Gasteiger partial charge in [0.05, 0.1) is 54.4 Å². The van der Waals surface area contributed by atoms with E-state index >= 15 is 0 Å². The smallest absolute Gasteiger partial charge is 0.324 e. The SMILES string of the molecule is CCO[C@@H]1c2nc(cs2)-c2ccc3c(c2)c(c(-c2cc(N4CCN(C)CC4)cnc2[C@H](C)OC)n3CCOC(C)C)CC2(CC2)COC(=O)[C@@H]2CCCN(N2)C(=O)[C@H]1N. The molecule has 2 saturated heterocycles. The number of methoxy groups -OCH3 is 1. The molecule has 4 aromatic rings. The normalized spacial score (nSPS) is 23.2. The number of fused-ring (bicyclic) bond motifs is 6. The number of rotatable bonds is 10. The second-order valence-electron chi connectivity index (χ2n) is 17.0. The van der Waals surface area contributed by atoms with Crippen LogP contribution in [0.3, 0.4) is 0 Å². The lowest BCUT2D eigenvalue weighted by molar-refractivity contribution is -0.154. The summed E-state index contributed by atoms with van der Waals surface area (Å²) in [6, 6.07) is 7.19. The van der Waals surface area contributed by atoms with Gasteiger partial charge in [-0.15, -0.1) is 11.3 Å². The summed E-state index contributed by atoms with van der Waals surface area (Å²) in [4.78, 5) is 42.7. The van der Waals surface area contributed by atoms with Gasteiger partial charge in [-0.25, -0.2) is 10.4 Å². The third-order valence-electron chi connectivity index (χ3n) is 12.5. The van der Waals surface area contributed by atoms with Crippen molar-refractivity contribution in [1.29, 1.82) is 0 Å². The highest BCUT2D eigenvalue weighted by Gasteiger charge is 2.46. The number of aromatic nitrogens is 3. The molecule has 14 nitrogen and oxygen atoms in total. The minimum Gasteiger partial charge on any atom is -0.464 e. The van der Waals surface area contributed by atoms with E-state index in [2.05, 4.69) is 71.9 Å². The van der Waals surface area contributed by atoms with E-state index in [0.717, 1.165) is 83.8 Å². The number of nitrogens with zero attached hydrogens (tertiary/aromatic N) is 6. The molecular formula is C44H60N8O6S. The number of hydrazine groups is 1. The molecule has 1 amide bonds. The third kappa shape index (κ3) is 8.65. The number of nitrogens with two attached hydrogens (primary N) is 1. The minimum atomic E-state index is -1.03. The second kappa shape index (κ2) is 17.6. The number of pyridine rings is 1. The highest BCUT2D eigenvalue weighted by molar-refractivity contribution is 7.10. The number of hydrogen-bond donors (Lipinski definition) is 2. The Kier molecular flexibility index (Phi) is 12.4. The number of likely N-dealkylation sites (N-methyl/N-ethyl adjacent to an activating group) is 1. The first-order valence-electron chi connectivity index (χ1n) is 21.3. The Morgan fingerprint density at radius 2 is 1.90 bits per heavy atom. The molecule has 3 aromatic heterocycles. The minimum absolute atomic E-state index is 0.0756. The van der Waals surface area contributed by atoms with Crippen molar-refractivity contribution in [3.05, 3.63) is 52.1 Å². The van der Waals surface area contributed by atoms with Crippen LogP contribution in [0.25, 0.3) is 33.4 Å². The molecule has 3 fully saturated rings. The van der Waals surface area contributed by atoms with Crippen molar-refractivity contribution in [3.8, 4) is 22.5 Å². The average molecular weight is 829 g/mol. The number of carbonyl (C=O) groups is 2. The van der Waals surface area contributed by atoms with Gasteiger partial charge in [-0.2, -0.15) is 0 Å². The van der Waals surface area contributed by atoms with Crippen molar-refractivity contribution >= 4 is 39.8 Å². The molecule has 318 valence electrons. The molecule has 3 aliphatic heterocycles. The molecule has 15 heteroatoms. The molecule has 8 rings (SSSR count). The molecule has 1 saturated carbocycles. The Morgan fingerprint density at radius 3 is 2.63 bits per heavy atom. The molecule has 4 atom stereocenters. The van der Waals surface area contributed by atoms with Crippen LogP contribution in [-0.4, -0.2) is 121 Å². The summed E-state index contributed by atoms with van der Waals surface area (Å²) in [6.07, 6.45) is 4.79. The molecule has 6 bridgehead atoms. The van der Waals surface area contributed by atoms with Crippen LogP contribution in [0.4, 0.5) is 5.69 Å². The number of esters is 1. The van der Waals surface area contributed by atoms with E-state index in [9.17, 15) is 9.59 Å². The quantitative estimate of drug-likeness (QED) is 0.195. The summed E-state index contributed by atoms with van der Waals surface area (Å²) >= 11 is 1.44. The molecular weight excluding hydrogens is 769 g/mol. The molecule has 1 aliphatic carbocycles. The Bertz CT molecular complexity index is 2140. The topological polar surface area (TPSA) is 150 Å². The molecule has 59 heavy (non-hydrogen) atoms. The number of anilines is 1. The molecule has 4 aliphatic rings. The monoisotopic (exact) mass is 828 g/mol. The van der Waals surface area contributed by atoms with Crippen LogP contribution in [0.5, 0.6) is 0 Å². The molecule has 0 unspecified atom stereocenters. The van der Waals surface area contributed by atoms with Gasteiger partial charge in [0, 0.05) is 85.8 Å². The first kappa shape index (κ1) is 41.8. The van der Waals surface area contributed by atoms with Crippen molar-refractivity contribution in [2.24, 2.45) is 11.1 Å². The van der Waals surface area contributed by atoms with E-state index < -0.39 is 18.2 Å². The summed E-state index contributed by atoms with van der Waals surface area (Å²) in [7, 11) is 3.90. The molecule has 6 heterocycles. The lowest BCUT2D eigenvalue weighted by atomic mass is 9.91. The highest BCUT2D eigenvalue weighted by atomic mass is 32.1. The zero-order valence-electron chi connectivity index (χ0n) is 35.4. The van der Waals surface area contributed by atoms with Crippen LogP contribution in [0.2, 0.25) is 0 Å². The summed E-state index contributed by atoms with van der Waals surface area (Å²) in [5, 5.41) is 5.23. The summed E-state index contributed by atoms with van der Waals surface area (Å²) in [5.41, 5.74) is 17.7. The fraction of sp³-hybridized carbons (Fsp3) is 0.591. The van der Waals surface area contributed by atoms with Gasteiger partial charge in [-0.05, 0) is 90.6 Å². The Balaban J connectivity index is 1.33. The Morgan fingerprint density at radius 1 is 1.10 bits per heavy atom. The number of amides is 1. The van der Waals surface area contributed by atoms with Crippen LogP contribution in [0.15, 0.2) is 35.8 Å². The number of thiazole rings is 1. The Hall–Kier alpha value is -3.96. The lowest BCUT2D eigenvalue weighted by Gasteiger charge is -2.35. The number of benzene rings is 1. The molecule has 0 radical (unpaired) electrons. The van der Waals surface area contributed by atoms with E-state index in [1.54, 1.807) is 7.11 Å². The van der Waals surface area contributed by atoms with E-state index in [-0.39, 0.29) is 36.1 Å². The van der Waals surface area contributed by atoms with Gasteiger partial charge in [0.25, 0.3) is 5.91 Å². The average Bonchev–Trinajstić information content (AvgIpc) is 3.72. The molecule has 1 spiro atoms. The number of cyclic esters (lactones) is 1. The first-order chi connectivity index (χ1) is 28.5. The number of carbonyl (C=O) groups excluding carboxylic acids is 2. The van der Waals surface area contributed by atoms with E-state index in [0.29, 0.717) is 50.6 Å². The van der Waals surface area contributed by atoms with Crippen LogP contribution in [0, 0.1) is 5.41 Å². The number of nitrogens with one attached hydrogen (secondary N) is 1. The van der Waals surface area contributed by atoms with Crippen LogP contribution < -0.4 is 16.1 Å². The van der Waals surface area contributed by atoms with Gasteiger partial charge in [0.1, 0.15) is 23.2 Å². The van der Waals surface area contributed by atoms with E-state index in [1.165, 1.54) is 21.9 Å². The van der Waals surface area contributed by atoms with Gasteiger partial charge in [0.2, 0.25) is 0 Å². The zero-order chi connectivity index (χ0) is 41.4. The van der Waals surface area contributed by atoms with Crippen LogP contribution in [0.1, 0.15) is 81.9 Å². The molecule has 1 aromatic carbocycles. The summed E-state index contributed by atoms with van der Waals surface area (Å²) in [6.45, 7) is 14.1. The standard InChI is InChI=1S/C44H60N8O6S/c1-7-56-40-37(45)42(53)52-14-8-9-34(48-52)43(54)58-26-44(12-13-44)23-33-31-21-29(35-25-59-41(40)47-35)10-11-36(31)51(19-20-57-27(2)3)39(33)32-22-30(24-46-38(32)28(4)55-6)50-17-15-49(5)16-18-50/h10-11,21-22,24-25,27-28,34,37,40,48H,7-9,12-20,23,26,45H2,1-6H3/t28-,34-,37-,40-/m0/s1. The van der Waals surface area contributed by atoms with Crippen molar-refractivity contribution in [1.82, 2.24) is 29.9 Å². The van der Waals surface area contributed by atoms with Crippen molar-refractivity contribution in [2.75, 3.05) is 71.6 Å². The lowest BCUT2D eigenvalue weighted by Crippen LogP contribution is -2.60. The van der Waals surface area contributed by atoms with Gasteiger partial charge in [0.15, 0.2) is 0 Å². The maximum atomic E-state index is 13.8. The zero-order valence-corrected chi connectivity index (χ0v) is 36.2. The summed E-state index contributed by atoms with van der Waals surface area (Å²) in [5.74, 6) is -0.697. The van der Waals surface area contributed by atoms with Crippen LogP contribution >= 0.6 is 11.3 Å². The number of ether oxygens (including phenoxy) is 4. The maximum Gasteiger partial charge on any atom is 0.324 e. The van der Waals surface area contributed by atoms with E-state index in [1.807, 2.05) is 18.5 Å².